The zero-order valence-corrected chi connectivity index (χ0v) is 11.5. The van der Waals surface area contributed by atoms with Gasteiger partial charge >= 0.3 is 0 Å². The Hall–Kier alpha value is -0.980. The Labute approximate surface area is 106 Å². The number of thiazole rings is 1. The highest BCUT2D eigenvalue weighted by Gasteiger charge is 2.13. The van der Waals surface area contributed by atoms with Crippen LogP contribution in [0.3, 0.4) is 0 Å². The molecule has 1 rings (SSSR count). The average Bonchev–Trinajstić information content (AvgIpc) is 2.74. The van der Waals surface area contributed by atoms with Crippen molar-refractivity contribution in [2.75, 3.05) is 20.6 Å². The minimum absolute atomic E-state index is 0.123. The maximum absolute atomic E-state index is 11.8. The van der Waals surface area contributed by atoms with E-state index in [2.05, 4.69) is 22.1 Å². The second-order valence-corrected chi connectivity index (χ2v) is 5.27. The molecule has 2 unspecified atom stereocenters. The standard InChI is InChI=1S/C11H20N4OS/c1-7(15(3)4)5-13-10(16)9-6-17-11(14-9)8(2)12/h6-8H,5,12H2,1-4H3,(H,13,16). The van der Waals surface area contributed by atoms with Crippen LogP contribution < -0.4 is 11.1 Å². The van der Waals surface area contributed by atoms with Gasteiger partial charge in [0.15, 0.2) is 0 Å². The molecule has 1 heterocycles. The molecule has 0 saturated carbocycles. The first-order chi connectivity index (χ1) is 7.91. The second kappa shape index (κ2) is 6.09. The third kappa shape index (κ3) is 4.07. The van der Waals surface area contributed by atoms with E-state index < -0.39 is 0 Å². The molecule has 5 nitrogen and oxygen atoms in total. The second-order valence-electron chi connectivity index (χ2n) is 4.38. The molecule has 0 aliphatic carbocycles. The van der Waals surface area contributed by atoms with Crippen LogP contribution in [0.1, 0.15) is 35.4 Å². The molecule has 0 radical (unpaired) electrons. The van der Waals surface area contributed by atoms with Gasteiger partial charge in [0.2, 0.25) is 0 Å². The molecular formula is C11H20N4OS. The van der Waals surface area contributed by atoms with Crippen molar-refractivity contribution in [1.82, 2.24) is 15.2 Å². The van der Waals surface area contributed by atoms with Crippen LogP contribution in [0.15, 0.2) is 5.38 Å². The van der Waals surface area contributed by atoms with Gasteiger partial charge in [-0.15, -0.1) is 11.3 Å². The number of nitrogens with zero attached hydrogens (tertiary/aromatic N) is 2. The van der Waals surface area contributed by atoms with Gasteiger partial charge in [-0.05, 0) is 27.9 Å². The Morgan fingerprint density at radius 3 is 2.71 bits per heavy atom. The molecule has 6 heteroatoms. The van der Waals surface area contributed by atoms with Crippen LogP contribution in [0, 0.1) is 0 Å². The summed E-state index contributed by atoms with van der Waals surface area (Å²) in [6.45, 7) is 4.51. The smallest absolute Gasteiger partial charge is 0.270 e. The predicted octanol–water partition coefficient (Wildman–Crippen LogP) is 0.843. The lowest BCUT2D eigenvalue weighted by molar-refractivity contribution is 0.0939. The van der Waals surface area contributed by atoms with Gasteiger partial charge in [-0.3, -0.25) is 4.79 Å². The van der Waals surface area contributed by atoms with Gasteiger partial charge in [-0.25, -0.2) is 4.98 Å². The lowest BCUT2D eigenvalue weighted by Gasteiger charge is -2.19. The Kier molecular flexibility index (Phi) is 5.04. The van der Waals surface area contributed by atoms with E-state index in [0.717, 1.165) is 5.01 Å². The predicted molar refractivity (Wildman–Crippen MR) is 70.2 cm³/mol. The summed E-state index contributed by atoms with van der Waals surface area (Å²) < 4.78 is 0. The fourth-order valence-electron chi connectivity index (χ4n) is 1.11. The molecule has 2 atom stereocenters. The minimum atomic E-state index is -0.137. The number of rotatable bonds is 5. The normalized spacial score (nSPS) is 14.7. The van der Waals surface area contributed by atoms with E-state index in [-0.39, 0.29) is 11.9 Å². The number of likely N-dealkylation sites (N-methyl/N-ethyl adjacent to an activating group) is 1. The Bertz CT molecular complexity index is 375. The third-order valence-electron chi connectivity index (χ3n) is 2.58. The quantitative estimate of drug-likeness (QED) is 0.819. The van der Waals surface area contributed by atoms with Gasteiger partial charge in [0.05, 0.1) is 6.04 Å². The van der Waals surface area contributed by atoms with E-state index in [1.165, 1.54) is 11.3 Å². The fourth-order valence-corrected chi connectivity index (χ4v) is 1.87. The maximum Gasteiger partial charge on any atom is 0.270 e. The number of nitrogens with two attached hydrogens (primary N) is 1. The number of hydrogen-bond acceptors (Lipinski definition) is 5. The summed E-state index contributed by atoms with van der Waals surface area (Å²) >= 11 is 1.42. The van der Waals surface area contributed by atoms with Crippen LogP contribution in [0.2, 0.25) is 0 Å². The number of carbonyl (C=O) groups excluding carboxylic acids is 1. The first kappa shape index (κ1) is 14.1. The Morgan fingerprint density at radius 1 is 1.59 bits per heavy atom. The van der Waals surface area contributed by atoms with Crippen LogP contribution in [-0.4, -0.2) is 42.5 Å². The topological polar surface area (TPSA) is 71.2 Å². The molecule has 0 spiro atoms. The molecule has 96 valence electrons. The molecule has 3 N–H and O–H groups in total. The first-order valence-electron chi connectivity index (χ1n) is 5.57. The van der Waals surface area contributed by atoms with E-state index in [0.29, 0.717) is 18.3 Å². The van der Waals surface area contributed by atoms with E-state index in [4.69, 9.17) is 5.73 Å². The summed E-state index contributed by atoms with van der Waals surface area (Å²) in [6.07, 6.45) is 0. The average molecular weight is 256 g/mol. The highest BCUT2D eigenvalue weighted by molar-refractivity contribution is 7.09. The summed E-state index contributed by atoms with van der Waals surface area (Å²) in [5.74, 6) is -0.137. The Balaban J connectivity index is 2.52. The lowest BCUT2D eigenvalue weighted by atomic mass is 10.3. The highest BCUT2D eigenvalue weighted by Crippen LogP contribution is 2.15. The summed E-state index contributed by atoms with van der Waals surface area (Å²) in [5.41, 5.74) is 6.15. The molecule has 1 aromatic rings. The SMILES string of the molecule is CC(N)c1nc(C(=O)NCC(C)N(C)C)cs1. The molecule has 0 saturated heterocycles. The molecule has 0 aromatic carbocycles. The lowest BCUT2D eigenvalue weighted by Crippen LogP contribution is -2.38. The maximum atomic E-state index is 11.8. The van der Waals surface area contributed by atoms with Crippen molar-refractivity contribution in [3.8, 4) is 0 Å². The van der Waals surface area contributed by atoms with E-state index >= 15 is 0 Å². The van der Waals surface area contributed by atoms with Crippen LogP contribution in [0.5, 0.6) is 0 Å². The number of aromatic nitrogens is 1. The monoisotopic (exact) mass is 256 g/mol. The van der Waals surface area contributed by atoms with Crippen molar-refractivity contribution in [2.24, 2.45) is 5.73 Å². The molecule has 0 bridgehead atoms. The van der Waals surface area contributed by atoms with E-state index in [9.17, 15) is 4.79 Å². The number of carbonyl (C=O) groups is 1. The van der Waals surface area contributed by atoms with Gasteiger partial charge in [0.1, 0.15) is 10.7 Å². The van der Waals surface area contributed by atoms with Gasteiger partial charge in [-0.1, -0.05) is 0 Å². The number of nitrogens with one attached hydrogen (secondary N) is 1. The summed E-state index contributed by atoms with van der Waals surface area (Å²) in [6, 6.07) is 0.174. The van der Waals surface area contributed by atoms with Gasteiger partial charge < -0.3 is 16.0 Å². The zero-order chi connectivity index (χ0) is 13.0. The first-order valence-corrected chi connectivity index (χ1v) is 6.45. The van der Waals surface area contributed by atoms with Crippen LogP contribution in [-0.2, 0) is 0 Å². The molecule has 1 amide bonds. The summed E-state index contributed by atoms with van der Waals surface area (Å²) in [5, 5.41) is 5.39. The van der Waals surface area contributed by atoms with Crippen molar-refractivity contribution >= 4 is 17.2 Å². The van der Waals surface area contributed by atoms with Crippen molar-refractivity contribution in [1.29, 1.82) is 0 Å². The molecule has 17 heavy (non-hydrogen) atoms. The highest BCUT2D eigenvalue weighted by atomic mass is 32.1. The van der Waals surface area contributed by atoms with Gasteiger partial charge in [0.25, 0.3) is 5.91 Å². The number of amides is 1. The minimum Gasteiger partial charge on any atom is -0.349 e. The Morgan fingerprint density at radius 2 is 2.24 bits per heavy atom. The van der Waals surface area contributed by atoms with Crippen molar-refractivity contribution in [3.63, 3.8) is 0 Å². The van der Waals surface area contributed by atoms with Gasteiger partial charge in [-0.2, -0.15) is 0 Å². The number of hydrogen-bond donors (Lipinski definition) is 2. The molecule has 0 aliphatic heterocycles. The third-order valence-corrected chi connectivity index (χ3v) is 3.63. The fraction of sp³-hybridized carbons (Fsp3) is 0.636. The van der Waals surface area contributed by atoms with Crippen molar-refractivity contribution in [2.45, 2.75) is 25.9 Å². The van der Waals surface area contributed by atoms with Crippen molar-refractivity contribution < 1.29 is 4.79 Å². The van der Waals surface area contributed by atoms with Crippen molar-refractivity contribution in [3.05, 3.63) is 16.1 Å². The molecular weight excluding hydrogens is 236 g/mol. The molecule has 0 fully saturated rings. The van der Waals surface area contributed by atoms with Crippen LogP contribution >= 0.6 is 11.3 Å². The zero-order valence-electron chi connectivity index (χ0n) is 10.7. The van der Waals surface area contributed by atoms with E-state index in [1.807, 2.05) is 21.0 Å². The molecule has 0 aliphatic rings. The summed E-state index contributed by atoms with van der Waals surface area (Å²) in [4.78, 5) is 18.0. The van der Waals surface area contributed by atoms with Crippen LogP contribution in [0.4, 0.5) is 0 Å². The largest absolute Gasteiger partial charge is 0.349 e. The van der Waals surface area contributed by atoms with E-state index in [1.54, 1.807) is 5.38 Å². The van der Waals surface area contributed by atoms with Gasteiger partial charge in [0, 0.05) is 18.0 Å². The molecule has 1 aromatic heterocycles. The van der Waals surface area contributed by atoms with Crippen LogP contribution in [0.25, 0.3) is 0 Å². The summed E-state index contributed by atoms with van der Waals surface area (Å²) in [7, 11) is 3.96.